The van der Waals surface area contributed by atoms with Crippen molar-refractivity contribution in [1.29, 1.82) is 5.26 Å². The molecule has 1 saturated heterocycles. The van der Waals surface area contributed by atoms with E-state index in [0.717, 1.165) is 25.9 Å². The Morgan fingerprint density at radius 3 is 2.50 bits per heavy atom. The van der Waals surface area contributed by atoms with Crippen molar-refractivity contribution in [2.45, 2.75) is 38.1 Å². The van der Waals surface area contributed by atoms with Gasteiger partial charge in [-0.15, -0.1) is 0 Å². The molecule has 0 aromatic heterocycles. The normalized spacial score (nSPS) is 29.9. The summed E-state index contributed by atoms with van der Waals surface area (Å²) in [5.41, 5.74) is -0.530. The summed E-state index contributed by atoms with van der Waals surface area (Å²) in [7, 11) is 0.438. The number of hydrogen-bond acceptors (Lipinski definition) is 3. The molecule has 0 bridgehead atoms. The van der Waals surface area contributed by atoms with Gasteiger partial charge in [0.15, 0.2) is 13.9 Å². The zero-order valence-corrected chi connectivity index (χ0v) is 10.6. The van der Waals surface area contributed by atoms with Crippen LogP contribution in [0.1, 0.15) is 12.8 Å². The summed E-state index contributed by atoms with van der Waals surface area (Å²) in [4.78, 5) is 2.19. The summed E-state index contributed by atoms with van der Waals surface area (Å²) >= 11 is 0. The summed E-state index contributed by atoms with van der Waals surface area (Å²) < 4.78 is 6.02. The first kappa shape index (κ1) is 11.7. The summed E-state index contributed by atoms with van der Waals surface area (Å²) in [5, 5.41) is 9.24. The van der Waals surface area contributed by atoms with Gasteiger partial charge in [-0.25, -0.2) is 0 Å². The average Bonchev–Trinajstić information content (AvgIpc) is 2.01. The largest absolute Gasteiger partial charge is 0.399 e. The van der Waals surface area contributed by atoms with Gasteiger partial charge in [0.05, 0.1) is 6.07 Å². The molecule has 0 amide bonds. The van der Waals surface area contributed by atoms with Gasteiger partial charge in [-0.3, -0.25) is 0 Å². The van der Waals surface area contributed by atoms with Gasteiger partial charge in [0, 0.05) is 6.54 Å². The Hall–Kier alpha value is -0.373. The molecular weight excluding hydrogens is 192 g/mol. The number of nitrogens with zero attached hydrogens (tertiary/aromatic N) is 2. The molecule has 1 aliphatic heterocycles. The summed E-state index contributed by atoms with van der Waals surface area (Å²) in [6.07, 6.45) is 1.95. The Morgan fingerprint density at radius 2 is 2.07 bits per heavy atom. The zero-order valence-electron chi connectivity index (χ0n) is 9.63. The highest BCUT2D eigenvalue weighted by Gasteiger charge is 2.39. The third-order valence-electron chi connectivity index (χ3n) is 2.35. The molecule has 0 saturated carbocycles. The van der Waals surface area contributed by atoms with E-state index in [2.05, 4.69) is 37.7 Å². The highest BCUT2D eigenvalue weighted by atomic mass is 28.4. The first-order valence-electron chi connectivity index (χ1n) is 5.17. The Bertz CT molecular complexity index is 243. The number of piperidine rings is 1. The van der Waals surface area contributed by atoms with Gasteiger partial charge in [0.1, 0.15) is 0 Å². The molecule has 1 aliphatic rings. The SMILES string of the molecule is CN1CCCC(C#N)(O[Si](C)(C)C)C1. The van der Waals surface area contributed by atoms with E-state index in [0.29, 0.717) is 0 Å². The van der Waals surface area contributed by atoms with E-state index in [9.17, 15) is 5.26 Å². The Kier molecular flexibility index (Phi) is 3.35. The average molecular weight is 212 g/mol. The van der Waals surface area contributed by atoms with Crippen molar-refractivity contribution < 1.29 is 4.43 Å². The maximum atomic E-state index is 9.24. The van der Waals surface area contributed by atoms with Crippen LogP contribution in [0, 0.1) is 11.3 Å². The fraction of sp³-hybridized carbons (Fsp3) is 0.900. The molecule has 80 valence electrons. The van der Waals surface area contributed by atoms with Crippen LogP contribution >= 0.6 is 0 Å². The van der Waals surface area contributed by atoms with E-state index in [1.807, 2.05) is 0 Å². The number of rotatable bonds is 2. The van der Waals surface area contributed by atoms with Gasteiger partial charge in [-0.05, 0) is 46.1 Å². The van der Waals surface area contributed by atoms with Crippen molar-refractivity contribution >= 4 is 8.32 Å². The van der Waals surface area contributed by atoms with E-state index in [-0.39, 0.29) is 0 Å². The maximum Gasteiger partial charge on any atom is 0.185 e. The van der Waals surface area contributed by atoms with Gasteiger partial charge in [0.25, 0.3) is 0 Å². The smallest absolute Gasteiger partial charge is 0.185 e. The summed E-state index contributed by atoms with van der Waals surface area (Å²) in [5.74, 6) is 0. The monoisotopic (exact) mass is 212 g/mol. The standard InChI is InChI=1S/C10H20N2OSi/c1-12-7-5-6-10(8-11,9-12)13-14(2,3)4/h5-7,9H2,1-4H3. The molecule has 1 atom stereocenters. The molecule has 4 heteroatoms. The van der Waals surface area contributed by atoms with Crippen molar-refractivity contribution in [3.8, 4) is 6.07 Å². The second kappa shape index (κ2) is 4.01. The van der Waals surface area contributed by atoms with Crippen LogP contribution in [0.5, 0.6) is 0 Å². The zero-order chi connectivity index (χ0) is 10.8. The molecule has 0 radical (unpaired) electrons. The van der Waals surface area contributed by atoms with Crippen LogP contribution < -0.4 is 0 Å². The second-order valence-corrected chi connectivity index (χ2v) is 9.59. The van der Waals surface area contributed by atoms with E-state index >= 15 is 0 Å². The maximum absolute atomic E-state index is 9.24. The van der Waals surface area contributed by atoms with Gasteiger partial charge < -0.3 is 9.33 Å². The van der Waals surface area contributed by atoms with E-state index < -0.39 is 13.9 Å². The molecule has 0 aromatic rings. The van der Waals surface area contributed by atoms with Crippen LogP contribution in [0.15, 0.2) is 0 Å². The third kappa shape index (κ3) is 3.09. The molecule has 0 spiro atoms. The molecular formula is C10H20N2OSi. The lowest BCUT2D eigenvalue weighted by molar-refractivity contribution is 0.0401. The fourth-order valence-corrected chi connectivity index (χ4v) is 3.40. The molecule has 0 N–H and O–H groups in total. The van der Waals surface area contributed by atoms with Crippen LogP contribution in [0.2, 0.25) is 19.6 Å². The second-order valence-electron chi connectivity index (χ2n) is 5.16. The predicted molar refractivity (Wildman–Crippen MR) is 59.5 cm³/mol. The summed E-state index contributed by atoms with van der Waals surface area (Å²) in [6.45, 7) is 8.26. The van der Waals surface area contributed by atoms with Gasteiger partial charge >= 0.3 is 0 Å². The fourth-order valence-electron chi connectivity index (χ4n) is 2.01. The molecule has 0 aromatic carbocycles. The third-order valence-corrected chi connectivity index (χ3v) is 3.35. The molecule has 1 rings (SSSR count). The number of hydrogen-bond donors (Lipinski definition) is 0. The quantitative estimate of drug-likeness (QED) is 0.655. The van der Waals surface area contributed by atoms with Gasteiger partial charge in [-0.1, -0.05) is 0 Å². The Morgan fingerprint density at radius 1 is 1.43 bits per heavy atom. The molecule has 1 fully saturated rings. The van der Waals surface area contributed by atoms with E-state index in [1.54, 1.807) is 0 Å². The van der Waals surface area contributed by atoms with Crippen LogP contribution in [0.25, 0.3) is 0 Å². The molecule has 1 unspecified atom stereocenters. The van der Waals surface area contributed by atoms with Crippen molar-refractivity contribution in [2.24, 2.45) is 0 Å². The molecule has 14 heavy (non-hydrogen) atoms. The lowest BCUT2D eigenvalue weighted by Crippen LogP contribution is -2.52. The van der Waals surface area contributed by atoms with E-state index in [1.165, 1.54) is 0 Å². The Balaban J connectivity index is 2.72. The number of likely N-dealkylation sites (tertiary alicyclic amines) is 1. The number of likely N-dealkylation sites (N-methyl/N-ethyl adjacent to an activating group) is 1. The molecule has 1 heterocycles. The van der Waals surface area contributed by atoms with Gasteiger partial charge in [0.2, 0.25) is 0 Å². The highest BCUT2D eigenvalue weighted by Crippen LogP contribution is 2.27. The molecule has 3 nitrogen and oxygen atoms in total. The van der Waals surface area contributed by atoms with Crippen LogP contribution in [-0.2, 0) is 4.43 Å². The van der Waals surface area contributed by atoms with Crippen molar-refractivity contribution in [3.63, 3.8) is 0 Å². The molecule has 0 aliphatic carbocycles. The van der Waals surface area contributed by atoms with Crippen molar-refractivity contribution in [2.75, 3.05) is 20.1 Å². The first-order valence-corrected chi connectivity index (χ1v) is 8.58. The van der Waals surface area contributed by atoms with Crippen LogP contribution in [0.3, 0.4) is 0 Å². The minimum absolute atomic E-state index is 0.530. The van der Waals surface area contributed by atoms with Crippen LogP contribution in [0.4, 0.5) is 0 Å². The lowest BCUT2D eigenvalue weighted by Gasteiger charge is -2.40. The van der Waals surface area contributed by atoms with Crippen molar-refractivity contribution in [3.05, 3.63) is 0 Å². The van der Waals surface area contributed by atoms with Crippen molar-refractivity contribution in [1.82, 2.24) is 4.90 Å². The highest BCUT2D eigenvalue weighted by molar-refractivity contribution is 6.69. The minimum Gasteiger partial charge on any atom is -0.399 e. The van der Waals surface area contributed by atoms with Gasteiger partial charge in [-0.2, -0.15) is 5.26 Å². The van der Waals surface area contributed by atoms with Crippen LogP contribution in [-0.4, -0.2) is 39.0 Å². The lowest BCUT2D eigenvalue weighted by atomic mass is 9.95. The topological polar surface area (TPSA) is 36.3 Å². The number of nitriles is 1. The Labute approximate surface area is 87.8 Å². The first-order chi connectivity index (χ1) is 6.37. The summed E-state index contributed by atoms with van der Waals surface area (Å²) in [6, 6.07) is 2.38. The van der Waals surface area contributed by atoms with E-state index in [4.69, 9.17) is 4.43 Å². The minimum atomic E-state index is -1.62. The predicted octanol–water partition coefficient (Wildman–Crippen LogP) is 1.83.